The summed E-state index contributed by atoms with van der Waals surface area (Å²) in [5.41, 5.74) is 4.78. The molecule has 0 atom stereocenters. The minimum atomic E-state index is -0.393. The SMILES string of the molecule is O=C(NN=Cc1ccc(OC(=O)c2cccs2)cc1)c1ccc(OCc2ccccc2)cc1. The molecule has 1 N–H and O–H groups in total. The number of amides is 1. The van der Waals surface area contributed by atoms with Crippen molar-refractivity contribution in [3.63, 3.8) is 0 Å². The number of nitrogens with one attached hydrogen (secondary N) is 1. The first kappa shape index (κ1) is 22.0. The van der Waals surface area contributed by atoms with E-state index in [1.807, 2.05) is 35.7 Å². The van der Waals surface area contributed by atoms with E-state index in [4.69, 9.17) is 9.47 Å². The quantitative estimate of drug-likeness (QED) is 0.169. The highest BCUT2D eigenvalue weighted by Gasteiger charge is 2.09. The molecule has 0 radical (unpaired) electrons. The zero-order valence-corrected chi connectivity index (χ0v) is 18.3. The molecular weight excluding hydrogens is 436 g/mol. The van der Waals surface area contributed by atoms with Gasteiger partial charge in [0.15, 0.2) is 0 Å². The Kier molecular flexibility index (Phi) is 7.25. The largest absolute Gasteiger partial charge is 0.489 e. The molecule has 0 aliphatic rings. The maximum atomic E-state index is 12.3. The summed E-state index contributed by atoms with van der Waals surface area (Å²) in [6.07, 6.45) is 1.51. The monoisotopic (exact) mass is 456 g/mol. The first-order valence-corrected chi connectivity index (χ1v) is 11.0. The molecule has 0 aliphatic carbocycles. The molecule has 0 fully saturated rings. The van der Waals surface area contributed by atoms with Crippen LogP contribution in [0.25, 0.3) is 0 Å². The van der Waals surface area contributed by atoms with Crippen molar-refractivity contribution in [3.8, 4) is 11.5 Å². The van der Waals surface area contributed by atoms with E-state index in [0.717, 1.165) is 11.1 Å². The first-order valence-electron chi connectivity index (χ1n) is 10.1. The van der Waals surface area contributed by atoms with Crippen molar-refractivity contribution in [2.75, 3.05) is 0 Å². The lowest BCUT2D eigenvalue weighted by atomic mass is 10.2. The third kappa shape index (κ3) is 6.38. The van der Waals surface area contributed by atoms with Crippen LogP contribution in [0, 0.1) is 0 Å². The normalized spacial score (nSPS) is 10.7. The molecule has 33 heavy (non-hydrogen) atoms. The van der Waals surface area contributed by atoms with Crippen molar-refractivity contribution in [3.05, 3.63) is 118 Å². The topological polar surface area (TPSA) is 77.0 Å². The predicted molar refractivity (Wildman–Crippen MR) is 128 cm³/mol. The van der Waals surface area contributed by atoms with E-state index in [1.165, 1.54) is 17.6 Å². The molecular formula is C26H20N2O4S. The van der Waals surface area contributed by atoms with Crippen molar-refractivity contribution < 1.29 is 19.1 Å². The second-order valence-corrected chi connectivity index (χ2v) is 7.88. The van der Waals surface area contributed by atoms with Gasteiger partial charge in [0.05, 0.1) is 6.21 Å². The van der Waals surface area contributed by atoms with Gasteiger partial charge in [0.1, 0.15) is 23.0 Å². The van der Waals surface area contributed by atoms with Crippen molar-refractivity contribution >= 4 is 29.4 Å². The standard InChI is InChI=1S/C26H20N2O4S/c29-25(21-10-14-22(15-11-21)31-18-20-5-2-1-3-6-20)28-27-17-19-8-12-23(13-9-19)32-26(30)24-7-4-16-33-24/h1-17H,18H2,(H,28,29). The lowest BCUT2D eigenvalue weighted by molar-refractivity contribution is 0.0739. The van der Waals surface area contributed by atoms with Gasteiger partial charge in [-0.3, -0.25) is 4.79 Å². The molecule has 6 nitrogen and oxygen atoms in total. The van der Waals surface area contributed by atoms with Gasteiger partial charge >= 0.3 is 5.97 Å². The van der Waals surface area contributed by atoms with Crippen LogP contribution in [0.15, 0.2) is 101 Å². The molecule has 0 aliphatic heterocycles. The van der Waals surface area contributed by atoms with Crippen LogP contribution in [0.1, 0.15) is 31.2 Å². The van der Waals surface area contributed by atoms with E-state index in [2.05, 4.69) is 10.5 Å². The van der Waals surface area contributed by atoms with E-state index < -0.39 is 5.97 Å². The van der Waals surface area contributed by atoms with E-state index in [-0.39, 0.29) is 5.91 Å². The summed E-state index contributed by atoms with van der Waals surface area (Å²) < 4.78 is 11.0. The number of carbonyl (C=O) groups excluding carboxylic acids is 2. The Hall–Kier alpha value is -4.23. The second kappa shape index (κ2) is 10.9. The Morgan fingerprint density at radius 2 is 1.58 bits per heavy atom. The molecule has 4 rings (SSSR count). The van der Waals surface area contributed by atoms with Crippen LogP contribution in [0.5, 0.6) is 11.5 Å². The number of ether oxygens (including phenoxy) is 2. The molecule has 1 heterocycles. The molecule has 0 saturated carbocycles. The molecule has 7 heteroatoms. The molecule has 1 amide bonds. The molecule has 4 aromatic rings. The van der Waals surface area contributed by atoms with Crippen LogP contribution in [-0.4, -0.2) is 18.1 Å². The number of hydrogen-bond donors (Lipinski definition) is 1. The summed E-state index contributed by atoms with van der Waals surface area (Å²) in [7, 11) is 0. The molecule has 164 valence electrons. The van der Waals surface area contributed by atoms with Crippen LogP contribution in [0.2, 0.25) is 0 Å². The summed E-state index contributed by atoms with van der Waals surface area (Å²) in [5.74, 6) is 0.389. The summed E-state index contributed by atoms with van der Waals surface area (Å²) in [6.45, 7) is 0.461. The average molecular weight is 457 g/mol. The Morgan fingerprint density at radius 1 is 0.848 bits per heavy atom. The number of nitrogens with zero attached hydrogens (tertiary/aromatic N) is 1. The van der Waals surface area contributed by atoms with Crippen LogP contribution in [-0.2, 0) is 6.61 Å². The van der Waals surface area contributed by atoms with Crippen LogP contribution < -0.4 is 14.9 Å². The third-order valence-electron chi connectivity index (χ3n) is 4.56. The number of hydrogen-bond acceptors (Lipinski definition) is 6. The number of carbonyl (C=O) groups is 2. The van der Waals surface area contributed by atoms with E-state index >= 15 is 0 Å². The van der Waals surface area contributed by atoms with Gasteiger partial charge in [0.25, 0.3) is 5.91 Å². The molecule has 0 unspecified atom stereocenters. The highest BCUT2D eigenvalue weighted by molar-refractivity contribution is 7.12. The number of esters is 1. The Balaban J connectivity index is 1.25. The van der Waals surface area contributed by atoms with Crippen molar-refractivity contribution in [2.45, 2.75) is 6.61 Å². The van der Waals surface area contributed by atoms with Crippen molar-refractivity contribution in [1.29, 1.82) is 0 Å². The fourth-order valence-electron chi connectivity index (χ4n) is 2.85. The Morgan fingerprint density at radius 3 is 2.27 bits per heavy atom. The average Bonchev–Trinajstić information content (AvgIpc) is 3.40. The predicted octanol–water partition coefficient (Wildman–Crippen LogP) is 5.31. The van der Waals surface area contributed by atoms with E-state index in [0.29, 0.717) is 28.5 Å². The Labute approximate surface area is 195 Å². The number of hydrazone groups is 1. The van der Waals surface area contributed by atoms with E-state index in [1.54, 1.807) is 60.7 Å². The summed E-state index contributed by atoms with van der Waals surface area (Å²) >= 11 is 1.32. The summed E-state index contributed by atoms with van der Waals surface area (Å²) in [5, 5.41) is 5.80. The third-order valence-corrected chi connectivity index (χ3v) is 5.41. The molecule has 3 aromatic carbocycles. The van der Waals surface area contributed by atoms with Gasteiger partial charge in [-0.25, -0.2) is 10.2 Å². The number of thiophene rings is 1. The smallest absolute Gasteiger partial charge is 0.353 e. The zero-order chi connectivity index (χ0) is 22.9. The number of rotatable bonds is 8. The minimum Gasteiger partial charge on any atom is -0.489 e. The summed E-state index contributed by atoms with van der Waals surface area (Å²) in [4.78, 5) is 24.8. The van der Waals surface area contributed by atoms with Crippen molar-refractivity contribution in [2.24, 2.45) is 5.10 Å². The minimum absolute atomic E-state index is 0.331. The fourth-order valence-corrected chi connectivity index (χ4v) is 3.45. The van der Waals surface area contributed by atoms with E-state index in [9.17, 15) is 9.59 Å². The molecule has 0 spiro atoms. The van der Waals surface area contributed by atoms with Crippen LogP contribution in [0.3, 0.4) is 0 Å². The number of benzene rings is 3. The van der Waals surface area contributed by atoms with Gasteiger partial charge in [-0.1, -0.05) is 36.4 Å². The molecule has 0 saturated heterocycles. The maximum absolute atomic E-state index is 12.3. The first-order chi connectivity index (χ1) is 16.2. The highest BCUT2D eigenvalue weighted by Crippen LogP contribution is 2.16. The highest BCUT2D eigenvalue weighted by atomic mass is 32.1. The lowest BCUT2D eigenvalue weighted by Crippen LogP contribution is -2.17. The maximum Gasteiger partial charge on any atom is 0.353 e. The van der Waals surface area contributed by atoms with Gasteiger partial charge < -0.3 is 9.47 Å². The Bertz CT molecular complexity index is 1220. The molecule has 0 bridgehead atoms. The van der Waals surface area contributed by atoms with Gasteiger partial charge in [-0.15, -0.1) is 11.3 Å². The van der Waals surface area contributed by atoms with Gasteiger partial charge in [-0.2, -0.15) is 5.10 Å². The zero-order valence-electron chi connectivity index (χ0n) is 17.5. The van der Waals surface area contributed by atoms with Crippen molar-refractivity contribution in [1.82, 2.24) is 5.43 Å². The summed E-state index contributed by atoms with van der Waals surface area (Å²) in [6, 6.07) is 27.0. The lowest BCUT2D eigenvalue weighted by Gasteiger charge is -2.07. The molecule has 1 aromatic heterocycles. The van der Waals surface area contributed by atoms with Gasteiger partial charge in [-0.05, 0) is 71.1 Å². The van der Waals surface area contributed by atoms with Crippen LogP contribution in [0.4, 0.5) is 0 Å². The fraction of sp³-hybridized carbons (Fsp3) is 0.0385. The van der Waals surface area contributed by atoms with Gasteiger partial charge in [0, 0.05) is 5.56 Å². The van der Waals surface area contributed by atoms with Crippen LogP contribution >= 0.6 is 11.3 Å². The van der Waals surface area contributed by atoms with Gasteiger partial charge in [0.2, 0.25) is 0 Å². The second-order valence-electron chi connectivity index (χ2n) is 6.93.